The van der Waals surface area contributed by atoms with E-state index in [4.69, 9.17) is 15.2 Å². The molecule has 0 fully saturated rings. The SMILES string of the molecule is CC(C)(C)OC(=O)[C@H](CCCCNC(=O)OCc1ccccc1)NC(=O)C(N)Cc1c[nH]c2ccccc12. The molecule has 0 aliphatic carbocycles. The third-order valence-electron chi connectivity index (χ3n) is 5.86. The molecule has 3 aromatic rings. The summed E-state index contributed by atoms with van der Waals surface area (Å²) in [5, 5.41) is 6.49. The lowest BCUT2D eigenvalue weighted by Gasteiger charge is -2.25. The van der Waals surface area contributed by atoms with Crippen LogP contribution in [-0.4, -0.2) is 47.2 Å². The van der Waals surface area contributed by atoms with E-state index in [1.165, 1.54) is 0 Å². The summed E-state index contributed by atoms with van der Waals surface area (Å²) in [6.07, 6.45) is 3.18. The average Bonchev–Trinajstić information content (AvgIpc) is 3.28. The molecule has 1 unspecified atom stereocenters. The minimum atomic E-state index is -0.847. The predicted octanol–water partition coefficient (Wildman–Crippen LogP) is 3.96. The Bertz CT molecular complexity index is 1200. The van der Waals surface area contributed by atoms with Crippen molar-refractivity contribution in [3.8, 4) is 0 Å². The Balaban J connectivity index is 1.48. The molecule has 0 spiro atoms. The number of H-pyrrole nitrogens is 1. The van der Waals surface area contributed by atoms with Crippen LogP contribution >= 0.6 is 0 Å². The van der Waals surface area contributed by atoms with Gasteiger partial charge in [0, 0.05) is 23.6 Å². The predicted molar refractivity (Wildman–Crippen MR) is 146 cm³/mol. The molecule has 0 saturated heterocycles. The molecule has 0 bridgehead atoms. The summed E-state index contributed by atoms with van der Waals surface area (Å²) < 4.78 is 10.7. The van der Waals surface area contributed by atoms with Gasteiger partial charge in [-0.3, -0.25) is 4.79 Å². The van der Waals surface area contributed by atoms with Crippen molar-refractivity contribution in [1.82, 2.24) is 15.6 Å². The molecule has 1 aromatic heterocycles. The molecule has 204 valence electrons. The maximum Gasteiger partial charge on any atom is 0.407 e. The second-order valence-corrected chi connectivity index (χ2v) is 10.2. The van der Waals surface area contributed by atoms with E-state index in [1.807, 2.05) is 60.8 Å². The van der Waals surface area contributed by atoms with Crippen molar-refractivity contribution in [2.24, 2.45) is 5.73 Å². The fraction of sp³-hybridized carbons (Fsp3) is 0.414. The van der Waals surface area contributed by atoms with Gasteiger partial charge in [-0.2, -0.15) is 0 Å². The topological polar surface area (TPSA) is 136 Å². The van der Waals surface area contributed by atoms with Crippen LogP contribution in [0.2, 0.25) is 0 Å². The van der Waals surface area contributed by atoms with Crippen LogP contribution < -0.4 is 16.4 Å². The number of alkyl carbamates (subject to hydrolysis) is 1. The Morgan fingerprint density at radius 1 is 1.00 bits per heavy atom. The number of aromatic nitrogens is 1. The molecule has 9 nitrogen and oxygen atoms in total. The fourth-order valence-corrected chi connectivity index (χ4v) is 3.97. The standard InChI is InChI=1S/C29H38N4O5/c1-29(2,3)38-27(35)25(15-9-10-16-31-28(36)37-19-20-11-5-4-6-12-20)33-26(34)23(30)17-21-18-32-24-14-8-7-13-22(21)24/h4-8,11-14,18,23,25,32H,9-10,15-17,19,30H2,1-3H3,(H,31,36)(H,33,34)/t23?,25-/m0/s1. The van der Waals surface area contributed by atoms with Gasteiger partial charge < -0.3 is 30.8 Å². The van der Waals surface area contributed by atoms with Gasteiger partial charge in [0.25, 0.3) is 0 Å². The van der Waals surface area contributed by atoms with Gasteiger partial charge in [-0.1, -0.05) is 48.5 Å². The van der Waals surface area contributed by atoms with Crippen LogP contribution in [0.5, 0.6) is 0 Å². The number of nitrogens with two attached hydrogens (primary N) is 1. The molecule has 2 atom stereocenters. The largest absolute Gasteiger partial charge is 0.458 e. The van der Waals surface area contributed by atoms with E-state index in [-0.39, 0.29) is 6.61 Å². The molecule has 0 radical (unpaired) electrons. The number of amides is 2. The second kappa shape index (κ2) is 13.6. The Hall–Kier alpha value is -3.85. The van der Waals surface area contributed by atoms with Gasteiger partial charge >= 0.3 is 12.1 Å². The number of rotatable bonds is 12. The van der Waals surface area contributed by atoms with Crippen molar-refractivity contribution < 1.29 is 23.9 Å². The molecule has 2 aromatic carbocycles. The molecule has 38 heavy (non-hydrogen) atoms. The summed E-state index contributed by atoms with van der Waals surface area (Å²) in [5.41, 5.74) is 8.33. The Morgan fingerprint density at radius 3 is 2.45 bits per heavy atom. The van der Waals surface area contributed by atoms with E-state index in [0.717, 1.165) is 22.0 Å². The number of fused-ring (bicyclic) bond motifs is 1. The first-order chi connectivity index (χ1) is 18.1. The van der Waals surface area contributed by atoms with Gasteiger partial charge in [0.1, 0.15) is 18.2 Å². The molecule has 0 saturated carbocycles. The van der Waals surface area contributed by atoms with Gasteiger partial charge in [0.05, 0.1) is 6.04 Å². The van der Waals surface area contributed by atoms with Crippen molar-refractivity contribution in [3.63, 3.8) is 0 Å². The van der Waals surface area contributed by atoms with Crippen LogP contribution in [-0.2, 0) is 32.1 Å². The van der Waals surface area contributed by atoms with Crippen LogP contribution in [0.25, 0.3) is 10.9 Å². The van der Waals surface area contributed by atoms with E-state index in [1.54, 1.807) is 20.8 Å². The monoisotopic (exact) mass is 522 g/mol. The lowest BCUT2D eigenvalue weighted by atomic mass is 10.0. The molecule has 5 N–H and O–H groups in total. The zero-order valence-electron chi connectivity index (χ0n) is 22.3. The minimum Gasteiger partial charge on any atom is -0.458 e. The zero-order valence-corrected chi connectivity index (χ0v) is 22.3. The van der Waals surface area contributed by atoms with Gasteiger partial charge in [-0.15, -0.1) is 0 Å². The highest BCUT2D eigenvalue weighted by atomic mass is 16.6. The number of aromatic amines is 1. The average molecular weight is 523 g/mol. The Labute approximate surface area is 223 Å². The lowest BCUT2D eigenvalue weighted by molar-refractivity contribution is -0.159. The van der Waals surface area contributed by atoms with Crippen LogP contribution in [0.3, 0.4) is 0 Å². The number of nitrogens with one attached hydrogen (secondary N) is 3. The third kappa shape index (κ3) is 9.23. The zero-order chi connectivity index (χ0) is 27.5. The number of esters is 1. The van der Waals surface area contributed by atoms with E-state index in [0.29, 0.717) is 32.2 Å². The number of hydrogen-bond acceptors (Lipinski definition) is 6. The van der Waals surface area contributed by atoms with E-state index in [9.17, 15) is 14.4 Å². The van der Waals surface area contributed by atoms with Gasteiger partial charge in [0.15, 0.2) is 0 Å². The highest BCUT2D eigenvalue weighted by Crippen LogP contribution is 2.19. The first-order valence-corrected chi connectivity index (χ1v) is 12.9. The van der Waals surface area contributed by atoms with Crippen molar-refractivity contribution in [3.05, 3.63) is 71.9 Å². The number of carbonyl (C=O) groups excluding carboxylic acids is 3. The van der Waals surface area contributed by atoms with Crippen LogP contribution in [0, 0.1) is 0 Å². The highest BCUT2D eigenvalue weighted by Gasteiger charge is 2.28. The van der Waals surface area contributed by atoms with Gasteiger partial charge in [0.2, 0.25) is 5.91 Å². The van der Waals surface area contributed by atoms with Crippen LogP contribution in [0.15, 0.2) is 60.8 Å². The molecule has 3 rings (SSSR count). The second-order valence-electron chi connectivity index (χ2n) is 10.2. The van der Waals surface area contributed by atoms with Crippen LogP contribution in [0.4, 0.5) is 4.79 Å². The van der Waals surface area contributed by atoms with E-state index in [2.05, 4.69) is 15.6 Å². The first kappa shape index (κ1) is 28.7. The lowest BCUT2D eigenvalue weighted by Crippen LogP contribution is -2.50. The summed E-state index contributed by atoms with van der Waals surface area (Å²) in [6.45, 7) is 5.90. The maximum atomic E-state index is 12.9. The summed E-state index contributed by atoms with van der Waals surface area (Å²) in [4.78, 5) is 40.9. The number of benzene rings is 2. The summed E-state index contributed by atoms with van der Waals surface area (Å²) in [6, 6.07) is 15.5. The molecule has 1 heterocycles. The number of para-hydroxylation sites is 1. The quantitative estimate of drug-likeness (QED) is 0.210. The molecular formula is C29H38N4O5. The van der Waals surface area contributed by atoms with Crippen LogP contribution in [0.1, 0.15) is 51.2 Å². The molecule has 9 heteroatoms. The Kier molecular flexibility index (Phi) is 10.3. The Morgan fingerprint density at radius 2 is 1.71 bits per heavy atom. The van der Waals surface area contributed by atoms with Crippen molar-refractivity contribution >= 4 is 28.9 Å². The number of ether oxygens (including phenoxy) is 2. The fourth-order valence-electron chi connectivity index (χ4n) is 3.97. The van der Waals surface area contributed by atoms with E-state index >= 15 is 0 Å². The maximum absolute atomic E-state index is 12.9. The molecule has 0 aliphatic rings. The summed E-state index contributed by atoms with van der Waals surface area (Å²) in [7, 11) is 0. The van der Waals surface area contributed by atoms with E-state index < -0.39 is 35.7 Å². The molecular weight excluding hydrogens is 484 g/mol. The molecule has 2 amide bonds. The van der Waals surface area contributed by atoms with Crippen molar-refractivity contribution in [2.75, 3.05) is 6.54 Å². The first-order valence-electron chi connectivity index (χ1n) is 12.9. The van der Waals surface area contributed by atoms with Gasteiger partial charge in [-0.05, 0) is 63.6 Å². The number of carbonyl (C=O) groups is 3. The van der Waals surface area contributed by atoms with Crippen molar-refractivity contribution in [1.29, 1.82) is 0 Å². The normalized spacial score (nSPS) is 12.9. The third-order valence-corrected chi connectivity index (χ3v) is 5.86. The number of hydrogen-bond donors (Lipinski definition) is 4. The van der Waals surface area contributed by atoms with Gasteiger partial charge in [-0.25, -0.2) is 9.59 Å². The smallest absolute Gasteiger partial charge is 0.407 e. The molecule has 0 aliphatic heterocycles. The number of unbranched alkanes of at least 4 members (excludes halogenated alkanes) is 1. The summed E-state index contributed by atoms with van der Waals surface area (Å²) in [5.74, 6) is -0.936. The summed E-state index contributed by atoms with van der Waals surface area (Å²) >= 11 is 0. The minimum absolute atomic E-state index is 0.193. The highest BCUT2D eigenvalue weighted by molar-refractivity contribution is 5.89. The van der Waals surface area contributed by atoms with Crippen molar-refractivity contribution in [2.45, 2.75) is 70.7 Å².